The van der Waals surface area contributed by atoms with Gasteiger partial charge in [0.2, 0.25) is 5.09 Å². The first-order valence-electron chi connectivity index (χ1n) is 6.32. The van der Waals surface area contributed by atoms with Gasteiger partial charge in [-0.2, -0.15) is 0 Å². The molecule has 0 radical (unpaired) electrons. The fraction of sp³-hybridized carbons (Fsp3) is 0.667. The zero-order valence-electron chi connectivity index (χ0n) is 10.0. The number of hydrogen-bond acceptors (Lipinski definition) is 4. The van der Waals surface area contributed by atoms with E-state index >= 15 is 0 Å². The van der Waals surface area contributed by atoms with Crippen LogP contribution in [0.1, 0.15) is 31.4 Å². The van der Waals surface area contributed by atoms with Gasteiger partial charge in [-0.25, -0.2) is 13.1 Å². The average molecular weight is 271 g/mol. The topological polar surface area (TPSA) is 79.5 Å². The Morgan fingerprint density at radius 2 is 1.89 bits per heavy atom. The number of sulfonamides is 1. The van der Waals surface area contributed by atoms with Crippen molar-refractivity contribution in [2.45, 2.75) is 43.4 Å². The molecule has 0 bridgehead atoms. The van der Waals surface area contributed by atoms with E-state index in [2.05, 4.69) is 4.72 Å². The predicted octanol–water partition coefficient (Wildman–Crippen LogP) is 1.24. The summed E-state index contributed by atoms with van der Waals surface area (Å²) in [5.74, 6) is 1.27. The highest BCUT2D eigenvalue weighted by Crippen LogP contribution is 2.45. The van der Waals surface area contributed by atoms with Gasteiger partial charge in [-0.1, -0.05) is 0 Å². The third-order valence-electron chi connectivity index (χ3n) is 3.61. The molecular weight excluding hydrogens is 254 g/mol. The molecule has 1 heterocycles. The van der Waals surface area contributed by atoms with E-state index in [0.717, 1.165) is 25.7 Å². The molecule has 0 amide bonds. The molecule has 18 heavy (non-hydrogen) atoms. The van der Waals surface area contributed by atoms with Crippen LogP contribution in [0, 0.1) is 11.8 Å². The van der Waals surface area contributed by atoms with Gasteiger partial charge >= 0.3 is 0 Å². The molecule has 1 aromatic rings. The van der Waals surface area contributed by atoms with Crippen LogP contribution in [0.3, 0.4) is 0 Å². The molecular formula is C12H17NO4S. The van der Waals surface area contributed by atoms with Crippen molar-refractivity contribution in [1.82, 2.24) is 4.72 Å². The Morgan fingerprint density at radius 3 is 2.33 bits per heavy atom. The van der Waals surface area contributed by atoms with E-state index in [1.807, 2.05) is 0 Å². The molecule has 0 unspecified atom stereocenters. The van der Waals surface area contributed by atoms with Crippen LogP contribution in [0.5, 0.6) is 0 Å². The fourth-order valence-electron chi connectivity index (χ4n) is 2.31. The maximum Gasteiger partial charge on any atom is 0.274 e. The van der Waals surface area contributed by atoms with Crippen LogP contribution in [0.25, 0.3) is 0 Å². The van der Waals surface area contributed by atoms with Gasteiger partial charge in [0.1, 0.15) is 12.4 Å². The molecule has 2 N–H and O–H groups in total. The molecule has 0 saturated heterocycles. The molecule has 3 rings (SSSR count). The summed E-state index contributed by atoms with van der Waals surface area (Å²) in [5, 5.41) is 8.79. The Bertz CT molecular complexity index is 516. The van der Waals surface area contributed by atoms with Gasteiger partial charge < -0.3 is 9.52 Å². The third-order valence-corrected chi connectivity index (χ3v) is 4.94. The van der Waals surface area contributed by atoms with E-state index in [0.29, 0.717) is 11.8 Å². The van der Waals surface area contributed by atoms with Gasteiger partial charge in [0.05, 0.1) is 0 Å². The predicted molar refractivity (Wildman–Crippen MR) is 64.2 cm³/mol. The van der Waals surface area contributed by atoms with Crippen LogP contribution in [0.4, 0.5) is 0 Å². The summed E-state index contributed by atoms with van der Waals surface area (Å²) in [5.41, 5.74) is 0. The van der Waals surface area contributed by atoms with Crippen molar-refractivity contribution in [2.75, 3.05) is 0 Å². The highest BCUT2D eigenvalue weighted by atomic mass is 32.2. The maximum absolute atomic E-state index is 12.1. The van der Waals surface area contributed by atoms with E-state index in [1.165, 1.54) is 12.1 Å². The lowest BCUT2D eigenvalue weighted by Gasteiger charge is -2.16. The van der Waals surface area contributed by atoms with Crippen LogP contribution >= 0.6 is 0 Å². The van der Waals surface area contributed by atoms with E-state index in [4.69, 9.17) is 9.52 Å². The van der Waals surface area contributed by atoms with Gasteiger partial charge in [0.15, 0.2) is 0 Å². The third kappa shape index (κ3) is 2.46. The molecule has 0 aliphatic heterocycles. The second-order valence-corrected chi connectivity index (χ2v) is 6.85. The first kappa shape index (κ1) is 12.2. The fourth-order valence-corrected chi connectivity index (χ4v) is 3.64. The highest BCUT2D eigenvalue weighted by Gasteiger charge is 2.43. The Kier molecular flexibility index (Phi) is 2.96. The van der Waals surface area contributed by atoms with E-state index in [9.17, 15) is 8.42 Å². The highest BCUT2D eigenvalue weighted by molar-refractivity contribution is 7.89. The zero-order valence-corrected chi connectivity index (χ0v) is 10.8. The van der Waals surface area contributed by atoms with Crippen molar-refractivity contribution < 1.29 is 17.9 Å². The molecule has 6 heteroatoms. The van der Waals surface area contributed by atoms with Crippen molar-refractivity contribution in [3.63, 3.8) is 0 Å². The molecule has 0 spiro atoms. The molecule has 2 aliphatic rings. The maximum atomic E-state index is 12.1. The molecule has 0 atom stereocenters. The summed E-state index contributed by atoms with van der Waals surface area (Å²) in [6, 6.07) is 2.94. The Balaban J connectivity index is 1.76. The summed E-state index contributed by atoms with van der Waals surface area (Å²) >= 11 is 0. The number of furan rings is 1. The number of nitrogens with one attached hydrogen (secondary N) is 1. The summed E-state index contributed by atoms with van der Waals surface area (Å²) in [6.07, 6.45) is 4.46. The molecule has 1 aromatic heterocycles. The quantitative estimate of drug-likeness (QED) is 0.815. The smallest absolute Gasteiger partial charge is 0.274 e. The summed E-state index contributed by atoms with van der Waals surface area (Å²) < 4.78 is 32.2. The number of aliphatic hydroxyl groups excluding tert-OH is 1. The SMILES string of the molecule is O=S(=O)(NC(C1CC1)C1CC1)c1ccc(CO)o1. The lowest BCUT2D eigenvalue weighted by molar-refractivity contribution is 0.236. The number of rotatable bonds is 6. The first-order chi connectivity index (χ1) is 8.60. The summed E-state index contributed by atoms with van der Waals surface area (Å²) in [6.45, 7) is -0.288. The Hall–Kier alpha value is -0.850. The minimum atomic E-state index is -3.59. The van der Waals surface area contributed by atoms with E-state index in [1.54, 1.807) is 0 Å². The first-order valence-corrected chi connectivity index (χ1v) is 7.80. The van der Waals surface area contributed by atoms with Gasteiger partial charge in [-0.3, -0.25) is 0 Å². The van der Waals surface area contributed by atoms with Gasteiger partial charge in [-0.15, -0.1) is 0 Å². The molecule has 2 aliphatic carbocycles. The number of hydrogen-bond donors (Lipinski definition) is 2. The van der Waals surface area contributed by atoms with Crippen molar-refractivity contribution >= 4 is 10.0 Å². The molecule has 100 valence electrons. The largest absolute Gasteiger partial charge is 0.446 e. The molecule has 2 fully saturated rings. The van der Waals surface area contributed by atoms with Gasteiger partial charge in [0.25, 0.3) is 10.0 Å². The average Bonchev–Trinajstić information content (AvgIpc) is 3.24. The molecule has 5 nitrogen and oxygen atoms in total. The van der Waals surface area contributed by atoms with Crippen LogP contribution in [0.2, 0.25) is 0 Å². The monoisotopic (exact) mass is 271 g/mol. The van der Waals surface area contributed by atoms with Gasteiger partial charge in [0, 0.05) is 6.04 Å². The lowest BCUT2D eigenvalue weighted by Crippen LogP contribution is -2.37. The Labute approximate surface area is 106 Å². The van der Waals surface area contributed by atoms with Crippen LogP contribution in [0.15, 0.2) is 21.6 Å². The van der Waals surface area contributed by atoms with E-state index in [-0.39, 0.29) is 23.5 Å². The minimum Gasteiger partial charge on any atom is -0.446 e. The molecule has 2 saturated carbocycles. The van der Waals surface area contributed by atoms with Crippen molar-refractivity contribution in [2.24, 2.45) is 11.8 Å². The second-order valence-electron chi connectivity index (χ2n) is 5.20. The lowest BCUT2D eigenvalue weighted by atomic mass is 10.1. The van der Waals surface area contributed by atoms with Crippen molar-refractivity contribution in [1.29, 1.82) is 0 Å². The van der Waals surface area contributed by atoms with Crippen LogP contribution < -0.4 is 4.72 Å². The Morgan fingerprint density at radius 1 is 1.28 bits per heavy atom. The van der Waals surface area contributed by atoms with Crippen LogP contribution in [-0.4, -0.2) is 19.6 Å². The zero-order chi connectivity index (χ0) is 12.8. The summed E-state index contributed by atoms with van der Waals surface area (Å²) in [4.78, 5) is 0. The summed E-state index contributed by atoms with van der Waals surface area (Å²) in [7, 11) is -3.59. The standard InChI is InChI=1S/C12H17NO4S/c14-7-10-5-6-11(17-10)18(15,16)13-12(8-1-2-8)9-3-4-9/h5-6,8-9,12-14H,1-4,7H2. The van der Waals surface area contributed by atoms with Crippen molar-refractivity contribution in [3.05, 3.63) is 17.9 Å². The van der Waals surface area contributed by atoms with Gasteiger partial charge in [-0.05, 0) is 49.7 Å². The second kappa shape index (κ2) is 4.36. The number of aliphatic hydroxyl groups is 1. The van der Waals surface area contributed by atoms with E-state index < -0.39 is 10.0 Å². The van der Waals surface area contributed by atoms with Crippen LogP contribution in [-0.2, 0) is 16.6 Å². The minimum absolute atomic E-state index is 0.0673. The van der Waals surface area contributed by atoms with Crippen molar-refractivity contribution in [3.8, 4) is 0 Å². The normalized spacial score (nSPS) is 20.6. The molecule has 0 aromatic carbocycles.